The molecular weight excluding hydrogens is 877 g/mol. The minimum absolute atomic E-state index is 0.00912. The average Bonchev–Trinajstić information content (AvgIpc) is 3.66. The molecule has 3 saturated carbocycles. The van der Waals surface area contributed by atoms with Gasteiger partial charge in [-0.25, -0.2) is 9.78 Å². The number of β-lactam (4-membered cyclic amide) rings is 1. The van der Waals surface area contributed by atoms with E-state index in [1.165, 1.54) is 12.3 Å². The molecular formula is C45H66N8O10S2. The molecule has 0 spiro atoms. The predicted octanol–water partition coefficient (Wildman–Crippen LogP) is 5.30. The van der Waals surface area contributed by atoms with Crippen LogP contribution in [0.5, 0.6) is 5.75 Å². The van der Waals surface area contributed by atoms with Crippen LogP contribution in [-0.2, 0) is 40.3 Å². The monoisotopic (exact) mass is 942 g/mol. The van der Waals surface area contributed by atoms with Crippen LogP contribution in [0.4, 0.5) is 5.13 Å². The van der Waals surface area contributed by atoms with E-state index in [9.17, 15) is 32.5 Å². The third kappa shape index (κ3) is 9.60. The summed E-state index contributed by atoms with van der Waals surface area (Å²) in [5.41, 5.74) is 9.32. The molecule has 65 heavy (non-hydrogen) atoms. The van der Waals surface area contributed by atoms with E-state index in [-0.39, 0.29) is 82.5 Å². The quantitative estimate of drug-likeness (QED) is 0.0392. The van der Waals surface area contributed by atoms with Crippen molar-refractivity contribution >= 4 is 56.2 Å². The van der Waals surface area contributed by atoms with E-state index in [1.54, 1.807) is 12.1 Å². The summed E-state index contributed by atoms with van der Waals surface area (Å²) in [4.78, 5) is 52.9. The number of oxime groups is 1. The summed E-state index contributed by atoms with van der Waals surface area (Å²) in [6.07, 6.45) is 5.72. The average molecular weight is 943 g/mol. The van der Waals surface area contributed by atoms with Gasteiger partial charge in [0.25, 0.3) is 17.4 Å². The molecule has 0 radical (unpaired) electrons. The molecule has 2 aliphatic heterocycles. The standard InChI is InChI=1S/C45H66N8O10S2/c1-22(2)30-12-8-24(5)16-32(30)45(33-17-25(6)9-13-31(33)23(3)4)38(41(55)53(45)63-65(58,59)60)51-40(54)37(34-21-64-43(48)50-34)52-62-44(7,42(56)57)36-15-11-26-18-27(10-14-35(26)61-36)39(47)49-29-19-28(46)20-29/h10,14,18,21-25,28-33,36,38H,8-9,11-13,15-17,19-20,46H2,1-7H3,(H2,47,49)(H2,48,50)(H,51,54)(H,56,57)(H,58,59,60)/b52-37-/t24?,25?,28?,29?,30?,31?,32?,33?,36-,38?,44+,45?/m1/s1. The van der Waals surface area contributed by atoms with Crippen LogP contribution in [-0.4, -0.2) is 92.8 Å². The SMILES string of the molecule is CC1CCC(C(C)C)C(C2(C3CC(C)CCC3C(C)C)C(NC(=O)/C(=N\O[C@](C)(C(=O)O)[C@H]3CCc4cc(C(=N)NC5CC(N)C5)ccc4O3)c3csc(N)n3)C(=O)N2OS(=O)(=O)O)C1. The van der Waals surface area contributed by atoms with Crippen molar-refractivity contribution in [2.45, 2.75) is 148 Å². The number of ether oxygens (including phenoxy) is 1. The van der Waals surface area contributed by atoms with Gasteiger partial charge >= 0.3 is 16.4 Å². The highest BCUT2D eigenvalue weighted by Gasteiger charge is 2.73. The number of amidine groups is 1. The second-order valence-electron chi connectivity index (χ2n) is 20.2. The number of aliphatic carboxylic acids is 1. The van der Waals surface area contributed by atoms with Crippen molar-refractivity contribution in [1.29, 1.82) is 5.41 Å². The van der Waals surface area contributed by atoms with E-state index >= 15 is 0 Å². The number of amides is 2. The van der Waals surface area contributed by atoms with Gasteiger partial charge in [-0.15, -0.1) is 15.6 Å². The molecule has 2 aromatic rings. The van der Waals surface area contributed by atoms with Crippen LogP contribution < -0.4 is 26.8 Å². The number of nitrogens with zero attached hydrogens (tertiary/aromatic N) is 3. The lowest BCUT2D eigenvalue weighted by molar-refractivity contribution is -0.272. The first-order valence-electron chi connectivity index (χ1n) is 23.0. The number of aryl methyl sites for hydroxylation is 1. The highest BCUT2D eigenvalue weighted by Crippen LogP contribution is 2.60. The molecule has 1 saturated heterocycles. The van der Waals surface area contributed by atoms with Gasteiger partial charge in [-0.2, -0.15) is 13.5 Å². The number of rotatable bonds is 15. The fourth-order valence-corrected chi connectivity index (χ4v) is 12.5. The summed E-state index contributed by atoms with van der Waals surface area (Å²) < 4.78 is 47.2. The third-order valence-corrected chi connectivity index (χ3v) is 16.1. The number of benzene rings is 1. The van der Waals surface area contributed by atoms with Crippen molar-refractivity contribution in [3.05, 3.63) is 40.4 Å². The van der Waals surface area contributed by atoms with Gasteiger partial charge in [0.05, 0.1) is 0 Å². The molecule has 5 aliphatic rings. The molecule has 7 rings (SSSR count). The van der Waals surface area contributed by atoms with E-state index < -0.39 is 57.2 Å². The minimum atomic E-state index is -5.21. The number of aromatic nitrogens is 1. The third-order valence-electron chi connectivity index (χ3n) is 15.1. The topological polar surface area (TPSA) is 282 Å². The maximum Gasteiger partial charge on any atom is 0.418 e. The minimum Gasteiger partial charge on any atom is -0.485 e. The Hall–Kier alpha value is -4.37. The second kappa shape index (κ2) is 18.7. The van der Waals surface area contributed by atoms with Gasteiger partial charge in [-0.3, -0.25) is 19.6 Å². The van der Waals surface area contributed by atoms with Gasteiger partial charge in [0.2, 0.25) is 0 Å². The number of nitrogen functional groups attached to an aromatic ring is 1. The largest absolute Gasteiger partial charge is 0.485 e. The number of hydrogen-bond donors (Lipinski definition) is 7. The number of nitrogens with one attached hydrogen (secondary N) is 3. The van der Waals surface area contributed by atoms with Gasteiger partial charge in [-0.05, 0) is 129 Å². The van der Waals surface area contributed by atoms with Crippen molar-refractivity contribution in [2.24, 2.45) is 58.2 Å². The Morgan fingerprint density at radius 3 is 2.17 bits per heavy atom. The molecule has 18 nitrogen and oxygen atoms in total. The van der Waals surface area contributed by atoms with Crippen molar-refractivity contribution in [3.63, 3.8) is 0 Å². The Morgan fingerprint density at radius 2 is 1.65 bits per heavy atom. The molecule has 0 bridgehead atoms. The van der Waals surface area contributed by atoms with Crippen LogP contribution in [0, 0.1) is 52.8 Å². The lowest BCUT2D eigenvalue weighted by Gasteiger charge is -2.66. The first-order valence-corrected chi connectivity index (χ1v) is 25.2. The Morgan fingerprint density at radius 1 is 1.03 bits per heavy atom. The van der Waals surface area contributed by atoms with E-state index in [4.69, 9.17) is 30.7 Å². The molecule has 20 heteroatoms. The normalized spacial score (nSPS) is 32.6. The molecule has 9 atom stereocenters. The smallest absolute Gasteiger partial charge is 0.418 e. The fraction of sp³-hybridized carbons (Fsp3) is 0.689. The number of hydrogen-bond acceptors (Lipinski definition) is 14. The van der Waals surface area contributed by atoms with Crippen molar-refractivity contribution in [3.8, 4) is 5.75 Å². The summed E-state index contributed by atoms with van der Waals surface area (Å²) in [7, 11) is -5.21. The lowest BCUT2D eigenvalue weighted by Crippen LogP contribution is -2.86. The van der Waals surface area contributed by atoms with Crippen LogP contribution in [0.25, 0.3) is 0 Å². The van der Waals surface area contributed by atoms with E-state index in [1.807, 2.05) is 6.07 Å². The highest BCUT2D eigenvalue weighted by molar-refractivity contribution is 7.80. The first-order chi connectivity index (χ1) is 30.5. The maximum absolute atomic E-state index is 14.9. The van der Waals surface area contributed by atoms with E-state index in [2.05, 4.69) is 62.3 Å². The maximum atomic E-state index is 14.9. The number of hydroxylamine groups is 2. The number of carbonyl (C=O) groups excluding carboxylic acids is 2. The molecule has 9 N–H and O–H groups in total. The van der Waals surface area contributed by atoms with Gasteiger partial charge in [0.15, 0.2) is 16.9 Å². The lowest BCUT2D eigenvalue weighted by atomic mass is 9.48. The Kier molecular flexibility index (Phi) is 14.0. The number of carboxylic acid groups (broad SMARTS) is 1. The molecule has 7 unspecified atom stereocenters. The van der Waals surface area contributed by atoms with Crippen LogP contribution in [0.2, 0.25) is 0 Å². The summed E-state index contributed by atoms with van der Waals surface area (Å²) in [6, 6.07) is 4.17. The van der Waals surface area contributed by atoms with Gasteiger partial charge in [0, 0.05) is 23.0 Å². The van der Waals surface area contributed by atoms with Crippen molar-refractivity contribution in [2.75, 3.05) is 5.73 Å². The Bertz CT molecular complexity index is 2250. The second-order valence-corrected chi connectivity index (χ2v) is 22.1. The number of fused-ring (bicyclic) bond motifs is 1. The van der Waals surface area contributed by atoms with Crippen LogP contribution in [0.15, 0.2) is 28.7 Å². The summed E-state index contributed by atoms with van der Waals surface area (Å²) in [5.74, 6) is -2.67. The highest BCUT2D eigenvalue weighted by atomic mass is 32.3. The van der Waals surface area contributed by atoms with E-state index in [0.717, 1.165) is 60.5 Å². The van der Waals surface area contributed by atoms with Crippen molar-refractivity contribution < 1.29 is 46.3 Å². The number of carbonyl (C=O) groups is 3. The van der Waals surface area contributed by atoms with Crippen LogP contribution in [0.3, 0.4) is 0 Å². The molecule has 3 heterocycles. The number of thiazole rings is 1. The zero-order chi connectivity index (χ0) is 47.3. The molecule has 1 aromatic carbocycles. The number of anilines is 1. The molecule has 358 valence electrons. The van der Waals surface area contributed by atoms with E-state index in [0.29, 0.717) is 30.6 Å². The van der Waals surface area contributed by atoms with Crippen molar-refractivity contribution in [1.82, 2.24) is 20.7 Å². The van der Waals surface area contributed by atoms with Crippen LogP contribution in [0.1, 0.15) is 123 Å². The Labute approximate surface area is 385 Å². The summed E-state index contributed by atoms with van der Waals surface area (Å²) >= 11 is 1.01. The fourth-order valence-electron chi connectivity index (χ4n) is 11.6. The van der Waals surface area contributed by atoms with Gasteiger partial charge in [-0.1, -0.05) is 59.5 Å². The zero-order valence-corrected chi connectivity index (χ0v) is 39.9. The molecule has 4 fully saturated rings. The van der Waals surface area contributed by atoms with Gasteiger partial charge < -0.3 is 36.8 Å². The molecule has 3 aliphatic carbocycles. The Balaban J connectivity index is 1.24. The number of nitrogens with two attached hydrogens (primary N) is 2. The zero-order valence-electron chi connectivity index (χ0n) is 38.3. The first kappa shape index (κ1) is 48.6. The summed E-state index contributed by atoms with van der Waals surface area (Å²) in [5, 5.41) is 32.0. The van der Waals surface area contributed by atoms with Gasteiger partial charge in [0.1, 0.15) is 28.9 Å². The number of carboxylic acids is 1. The predicted molar refractivity (Wildman–Crippen MR) is 244 cm³/mol. The summed E-state index contributed by atoms with van der Waals surface area (Å²) in [6.45, 7) is 14.0. The van der Waals surface area contributed by atoms with Crippen LogP contribution >= 0.6 is 11.3 Å². The molecule has 2 amide bonds. The molecule has 1 aromatic heterocycles.